The highest BCUT2D eigenvalue weighted by molar-refractivity contribution is 7.99. The van der Waals surface area contributed by atoms with Crippen LogP contribution >= 0.6 is 11.8 Å². The summed E-state index contributed by atoms with van der Waals surface area (Å²) in [4.78, 5) is 24.2. The Balaban J connectivity index is 2.00. The van der Waals surface area contributed by atoms with E-state index in [0.29, 0.717) is 17.6 Å². The molecule has 2 aromatic rings. The van der Waals surface area contributed by atoms with Crippen molar-refractivity contribution in [1.29, 1.82) is 0 Å². The minimum absolute atomic E-state index is 0.0409. The molecule has 2 rings (SSSR count). The average molecular weight is 422 g/mol. The molecule has 1 aromatic carbocycles. The van der Waals surface area contributed by atoms with Crippen LogP contribution in [0.2, 0.25) is 0 Å². The van der Waals surface area contributed by atoms with E-state index in [0.717, 1.165) is 29.5 Å². The largest absolute Gasteiger partial charge is 0.494 e. The van der Waals surface area contributed by atoms with Gasteiger partial charge in [-0.05, 0) is 37.1 Å². The Morgan fingerprint density at radius 1 is 1.24 bits per heavy atom. The van der Waals surface area contributed by atoms with Gasteiger partial charge in [0.1, 0.15) is 11.8 Å². The number of nitrogen functional groups attached to an aromatic ring is 1. The number of benzene rings is 1. The van der Waals surface area contributed by atoms with Crippen molar-refractivity contribution in [3.8, 4) is 17.1 Å². The molecule has 3 N–H and O–H groups in total. The van der Waals surface area contributed by atoms with E-state index < -0.39 is 12.0 Å². The van der Waals surface area contributed by atoms with Crippen LogP contribution in [-0.4, -0.2) is 52.3 Å². The van der Waals surface area contributed by atoms with Crippen molar-refractivity contribution >= 4 is 23.6 Å². The zero-order chi connectivity index (χ0) is 21.4. The van der Waals surface area contributed by atoms with Gasteiger partial charge in [-0.2, -0.15) is 0 Å². The molecule has 1 aromatic heterocycles. The van der Waals surface area contributed by atoms with Crippen molar-refractivity contribution in [2.24, 2.45) is 5.92 Å². The standard InChI is InChI=1S/C19H27N5O4S/c1-5-12(3)16(18(26)27-4)21-15(25)11-29-19-23-22-17(24(19)20)13-7-9-14(10-8-13)28-6-2/h7-10,12,16H,5-6,11,20H2,1-4H3,(H,21,25)/t12-,16-/m0/s1. The van der Waals surface area contributed by atoms with Crippen molar-refractivity contribution in [1.82, 2.24) is 20.2 Å². The van der Waals surface area contributed by atoms with Gasteiger partial charge >= 0.3 is 5.97 Å². The first-order valence-electron chi connectivity index (χ1n) is 9.34. The Morgan fingerprint density at radius 2 is 1.93 bits per heavy atom. The number of nitrogens with one attached hydrogen (secondary N) is 1. The first-order chi connectivity index (χ1) is 13.9. The monoisotopic (exact) mass is 421 g/mol. The molecule has 0 aliphatic heterocycles. The van der Waals surface area contributed by atoms with Crippen molar-refractivity contribution in [3.05, 3.63) is 24.3 Å². The lowest BCUT2D eigenvalue weighted by Gasteiger charge is -2.21. The van der Waals surface area contributed by atoms with Gasteiger partial charge < -0.3 is 20.6 Å². The van der Waals surface area contributed by atoms with Gasteiger partial charge in [0.25, 0.3) is 0 Å². The van der Waals surface area contributed by atoms with Crippen LogP contribution in [0.15, 0.2) is 29.4 Å². The number of hydrogen-bond donors (Lipinski definition) is 2. The number of nitrogens with zero attached hydrogens (tertiary/aromatic N) is 3. The number of carbonyl (C=O) groups is 2. The summed E-state index contributed by atoms with van der Waals surface area (Å²) >= 11 is 1.14. The van der Waals surface area contributed by atoms with Gasteiger partial charge in [-0.3, -0.25) is 4.79 Å². The van der Waals surface area contributed by atoms with Crippen LogP contribution in [0.3, 0.4) is 0 Å². The summed E-state index contributed by atoms with van der Waals surface area (Å²) in [5.74, 6) is 6.56. The molecular weight excluding hydrogens is 394 g/mol. The molecular formula is C19H27N5O4S. The molecule has 0 saturated heterocycles. The quantitative estimate of drug-likeness (QED) is 0.339. The lowest BCUT2D eigenvalue weighted by Crippen LogP contribution is -2.46. The van der Waals surface area contributed by atoms with Crippen LogP contribution in [0.5, 0.6) is 5.75 Å². The van der Waals surface area contributed by atoms with E-state index in [1.165, 1.54) is 11.8 Å². The summed E-state index contributed by atoms with van der Waals surface area (Å²) in [6.07, 6.45) is 0.732. The van der Waals surface area contributed by atoms with Crippen LogP contribution in [0.4, 0.5) is 0 Å². The molecule has 0 aliphatic carbocycles. The Kier molecular flexibility index (Phi) is 8.32. The number of methoxy groups -OCH3 is 1. The van der Waals surface area contributed by atoms with Gasteiger partial charge in [-0.1, -0.05) is 32.0 Å². The molecule has 9 nitrogen and oxygen atoms in total. The third-order valence-corrected chi connectivity index (χ3v) is 5.35. The zero-order valence-corrected chi connectivity index (χ0v) is 17.9. The van der Waals surface area contributed by atoms with E-state index in [2.05, 4.69) is 15.5 Å². The molecule has 2 atom stereocenters. The molecule has 158 valence electrons. The molecule has 1 heterocycles. The second-order valence-corrected chi connectivity index (χ2v) is 7.32. The third-order valence-electron chi connectivity index (χ3n) is 4.41. The SMILES string of the molecule is CCOc1ccc(-c2nnc(SCC(=O)N[C@H](C(=O)OC)[C@@H](C)CC)n2N)cc1. The first-order valence-corrected chi connectivity index (χ1v) is 10.3. The Labute approximate surface area is 174 Å². The number of esters is 1. The second kappa shape index (κ2) is 10.7. The number of hydrogen-bond acceptors (Lipinski definition) is 8. The Morgan fingerprint density at radius 3 is 2.52 bits per heavy atom. The minimum Gasteiger partial charge on any atom is -0.494 e. The van der Waals surface area contributed by atoms with Gasteiger partial charge in [-0.15, -0.1) is 10.2 Å². The lowest BCUT2D eigenvalue weighted by atomic mass is 9.99. The van der Waals surface area contributed by atoms with Crippen LogP contribution in [0.25, 0.3) is 11.4 Å². The van der Waals surface area contributed by atoms with Gasteiger partial charge in [0, 0.05) is 5.56 Å². The molecule has 0 fully saturated rings. The van der Waals surface area contributed by atoms with Crippen molar-refractivity contribution < 1.29 is 19.1 Å². The molecule has 0 spiro atoms. The second-order valence-electron chi connectivity index (χ2n) is 6.38. The van der Waals surface area contributed by atoms with Crippen LogP contribution in [0, 0.1) is 5.92 Å². The highest BCUT2D eigenvalue weighted by Crippen LogP contribution is 2.23. The zero-order valence-electron chi connectivity index (χ0n) is 17.0. The molecule has 0 unspecified atom stereocenters. The fourth-order valence-corrected chi connectivity index (χ4v) is 3.25. The number of aromatic nitrogens is 3. The number of amides is 1. The Bertz CT molecular complexity index is 825. The minimum atomic E-state index is -0.687. The molecule has 29 heavy (non-hydrogen) atoms. The van der Waals surface area contributed by atoms with E-state index in [-0.39, 0.29) is 17.6 Å². The highest BCUT2D eigenvalue weighted by atomic mass is 32.2. The van der Waals surface area contributed by atoms with Crippen LogP contribution in [0.1, 0.15) is 27.2 Å². The summed E-state index contributed by atoms with van der Waals surface area (Å²) in [5, 5.41) is 11.3. The van der Waals surface area contributed by atoms with Gasteiger partial charge in [0.05, 0.1) is 19.5 Å². The topological polar surface area (TPSA) is 121 Å². The average Bonchev–Trinajstić information content (AvgIpc) is 3.10. The molecule has 0 aliphatic rings. The number of carbonyl (C=O) groups excluding carboxylic acids is 2. The van der Waals surface area contributed by atoms with E-state index in [9.17, 15) is 9.59 Å². The number of ether oxygens (including phenoxy) is 2. The maximum atomic E-state index is 12.3. The van der Waals surface area contributed by atoms with Crippen LogP contribution < -0.4 is 15.9 Å². The van der Waals surface area contributed by atoms with Crippen molar-refractivity contribution in [2.75, 3.05) is 25.3 Å². The molecule has 1 amide bonds. The number of nitrogens with two attached hydrogens (primary N) is 1. The van der Waals surface area contributed by atoms with Gasteiger partial charge in [0.2, 0.25) is 11.1 Å². The summed E-state index contributed by atoms with van der Waals surface area (Å²) in [7, 11) is 1.30. The fourth-order valence-electron chi connectivity index (χ4n) is 2.58. The predicted molar refractivity (Wildman–Crippen MR) is 111 cm³/mol. The number of thioether (sulfide) groups is 1. The highest BCUT2D eigenvalue weighted by Gasteiger charge is 2.26. The Hall–Kier alpha value is -2.75. The third kappa shape index (κ3) is 5.86. The maximum Gasteiger partial charge on any atom is 0.328 e. The molecule has 0 radical (unpaired) electrons. The van der Waals surface area contributed by atoms with E-state index in [4.69, 9.17) is 15.3 Å². The van der Waals surface area contributed by atoms with E-state index in [1.807, 2.05) is 45.0 Å². The van der Waals surface area contributed by atoms with Gasteiger partial charge in [0.15, 0.2) is 5.82 Å². The summed E-state index contributed by atoms with van der Waals surface area (Å²) in [5.41, 5.74) is 0.780. The molecule has 0 bridgehead atoms. The fraction of sp³-hybridized carbons (Fsp3) is 0.474. The summed E-state index contributed by atoms with van der Waals surface area (Å²) in [6, 6.07) is 6.65. The van der Waals surface area contributed by atoms with E-state index >= 15 is 0 Å². The van der Waals surface area contributed by atoms with Gasteiger partial charge in [-0.25, -0.2) is 9.47 Å². The smallest absolute Gasteiger partial charge is 0.328 e. The summed E-state index contributed by atoms with van der Waals surface area (Å²) in [6.45, 7) is 6.33. The van der Waals surface area contributed by atoms with Crippen LogP contribution in [-0.2, 0) is 14.3 Å². The predicted octanol–water partition coefficient (Wildman–Crippen LogP) is 1.85. The maximum absolute atomic E-state index is 12.3. The van der Waals surface area contributed by atoms with Crippen molar-refractivity contribution in [2.45, 2.75) is 38.4 Å². The number of rotatable bonds is 10. The van der Waals surface area contributed by atoms with Crippen molar-refractivity contribution in [3.63, 3.8) is 0 Å². The normalized spacial score (nSPS) is 12.8. The van der Waals surface area contributed by atoms with E-state index in [1.54, 1.807) is 0 Å². The summed E-state index contributed by atoms with van der Waals surface area (Å²) < 4.78 is 11.5. The molecule has 0 saturated carbocycles. The lowest BCUT2D eigenvalue weighted by molar-refractivity contribution is -0.146. The first kappa shape index (κ1) is 22.5. The molecule has 10 heteroatoms.